The maximum Gasteiger partial charge on any atom is -0.0129 e. The lowest BCUT2D eigenvalue weighted by Crippen LogP contribution is -2.29. The van der Waals surface area contributed by atoms with Gasteiger partial charge in [0.05, 0.1) is 0 Å². The Morgan fingerprint density at radius 3 is 2.74 bits per heavy atom. The van der Waals surface area contributed by atoms with Gasteiger partial charge in [-0.25, -0.2) is 0 Å². The van der Waals surface area contributed by atoms with Crippen LogP contribution in [-0.4, -0.2) is 0 Å². The Bertz CT molecular complexity index is 400. The quantitative estimate of drug-likeness (QED) is 0.604. The highest BCUT2D eigenvalue weighted by Crippen LogP contribution is 2.56. The second kappa shape index (κ2) is 5.11. The summed E-state index contributed by atoms with van der Waals surface area (Å²) in [5.74, 6) is 5.69. The SMILES string of the molecule is CCC(C)C1CCC2C(C)C3=CC=C(C)CC3C2C1. The van der Waals surface area contributed by atoms with Crippen LogP contribution >= 0.6 is 0 Å². The normalized spacial score (nSPS) is 43.1. The number of hydrogen-bond donors (Lipinski definition) is 0. The van der Waals surface area contributed by atoms with Crippen LogP contribution in [0, 0.1) is 35.5 Å². The van der Waals surface area contributed by atoms with E-state index < -0.39 is 0 Å². The van der Waals surface area contributed by atoms with Gasteiger partial charge in [-0.15, -0.1) is 0 Å². The molecule has 0 bridgehead atoms. The summed E-state index contributed by atoms with van der Waals surface area (Å²) in [6, 6.07) is 0. The monoisotopic (exact) mass is 258 g/mol. The standard InChI is InChI=1S/C19H30/c1-5-13(3)15-7-9-17-14(4)16-8-6-12(2)10-18(16)19(17)11-15/h6,8,13-15,17-19H,5,7,9-11H2,1-4H3. The zero-order chi connectivity index (χ0) is 13.6. The van der Waals surface area contributed by atoms with Crippen molar-refractivity contribution in [3.63, 3.8) is 0 Å². The summed E-state index contributed by atoms with van der Waals surface area (Å²) in [6.07, 6.45) is 12.1. The van der Waals surface area contributed by atoms with Crippen molar-refractivity contribution in [1.29, 1.82) is 0 Å². The van der Waals surface area contributed by atoms with Gasteiger partial charge in [0, 0.05) is 0 Å². The third kappa shape index (κ3) is 2.22. The Hall–Kier alpha value is -0.520. The molecule has 0 nitrogen and oxygen atoms in total. The minimum absolute atomic E-state index is 0.859. The van der Waals surface area contributed by atoms with Gasteiger partial charge in [0.15, 0.2) is 0 Å². The van der Waals surface area contributed by atoms with Gasteiger partial charge in [-0.1, -0.05) is 50.5 Å². The highest BCUT2D eigenvalue weighted by Gasteiger charge is 2.47. The van der Waals surface area contributed by atoms with E-state index in [1.807, 2.05) is 0 Å². The van der Waals surface area contributed by atoms with E-state index in [2.05, 4.69) is 39.8 Å². The van der Waals surface area contributed by atoms with Gasteiger partial charge in [-0.05, 0) is 68.1 Å². The molecule has 0 aromatic carbocycles. The van der Waals surface area contributed by atoms with Gasteiger partial charge >= 0.3 is 0 Å². The van der Waals surface area contributed by atoms with Crippen LogP contribution < -0.4 is 0 Å². The van der Waals surface area contributed by atoms with E-state index in [0.29, 0.717) is 0 Å². The number of rotatable bonds is 2. The van der Waals surface area contributed by atoms with Crippen LogP contribution in [0.3, 0.4) is 0 Å². The van der Waals surface area contributed by atoms with Crippen LogP contribution in [0.1, 0.15) is 59.8 Å². The van der Waals surface area contributed by atoms with Crippen molar-refractivity contribution in [2.75, 3.05) is 0 Å². The van der Waals surface area contributed by atoms with Crippen LogP contribution in [-0.2, 0) is 0 Å². The molecular formula is C19H30. The van der Waals surface area contributed by atoms with Crippen LogP contribution in [0.4, 0.5) is 0 Å². The zero-order valence-electron chi connectivity index (χ0n) is 13.2. The molecule has 2 fully saturated rings. The smallest absolute Gasteiger partial charge is 0.0129 e. The molecule has 0 heteroatoms. The minimum atomic E-state index is 0.859. The van der Waals surface area contributed by atoms with Crippen LogP contribution in [0.2, 0.25) is 0 Å². The number of fused-ring (bicyclic) bond motifs is 3. The summed E-state index contributed by atoms with van der Waals surface area (Å²) in [6.45, 7) is 9.67. The largest absolute Gasteiger partial charge is 0.0727 e. The van der Waals surface area contributed by atoms with Gasteiger partial charge in [0.25, 0.3) is 0 Å². The lowest BCUT2D eigenvalue weighted by Gasteiger charge is -2.38. The second-order valence-electron chi connectivity index (χ2n) is 7.57. The van der Waals surface area contributed by atoms with E-state index in [4.69, 9.17) is 0 Å². The highest BCUT2D eigenvalue weighted by atomic mass is 14.5. The second-order valence-corrected chi connectivity index (χ2v) is 7.57. The molecule has 106 valence electrons. The van der Waals surface area contributed by atoms with Crippen molar-refractivity contribution in [1.82, 2.24) is 0 Å². The molecule has 0 heterocycles. The van der Waals surface area contributed by atoms with E-state index in [1.54, 1.807) is 11.1 Å². The molecule has 0 saturated heterocycles. The predicted molar refractivity (Wildman–Crippen MR) is 82.9 cm³/mol. The average molecular weight is 258 g/mol. The molecule has 0 aliphatic heterocycles. The summed E-state index contributed by atoms with van der Waals surface area (Å²) in [7, 11) is 0. The van der Waals surface area contributed by atoms with Crippen LogP contribution in [0.15, 0.2) is 23.3 Å². The van der Waals surface area contributed by atoms with Gasteiger partial charge in [0.1, 0.15) is 0 Å². The van der Waals surface area contributed by atoms with E-state index in [0.717, 1.165) is 35.5 Å². The predicted octanol–water partition coefficient (Wildman–Crippen LogP) is 5.61. The first-order valence-corrected chi connectivity index (χ1v) is 8.49. The summed E-state index contributed by atoms with van der Waals surface area (Å²) in [5, 5.41) is 0. The molecule has 0 radical (unpaired) electrons. The minimum Gasteiger partial charge on any atom is -0.0727 e. The third-order valence-corrected chi connectivity index (χ3v) is 6.66. The maximum atomic E-state index is 2.50. The molecule has 0 aromatic heterocycles. The zero-order valence-corrected chi connectivity index (χ0v) is 13.2. The van der Waals surface area contributed by atoms with Gasteiger partial charge in [0.2, 0.25) is 0 Å². The molecule has 0 spiro atoms. The molecule has 3 rings (SSSR count). The molecule has 6 unspecified atom stereocenters. The van der Waals surface area contributed by atoms with Gasteiger partial charge in [-0.3, -0.25) is 0 Å². The Kier molecular flexibility index (Phi) is 3.62. The maximum absolute atomic E-state index is 2.50. The summed E-state index contributed by atoms with van der Waals surface area (Å²) in [5.41, 5.74) is 3.40. The van der Waals surface area contributed by atoms with Crippen molar-refractivity contribution >= 4 is 0 Å². The fraction of sp³-hybridized carbons (Fsp3) is 0.789. The Morgan fingerprint density at radius 2 is 2.00 bits per heavy atom. The molecule has 0 amide bonds. The van der Waals surface area contributed by atoms with Crippen molar-refractivity contribution in [3.8, 4) is 0 Å². The molecule has 19 heavy (non-hydrogen) atoms. The van der Waals surface area contributed by atoms with Crippen molar-refractivity contribution in [2.24, 2.45) is 35.5 Å². The van der Waals surface area contributed by atoms with Crippen LogP contribution in [0.25, 0.3) is 0 Å². The highest BCUT2D eigenvalue weighted by molar-refractivity contribution is 5.32. The lowest BCUT2D eigenvalue weighted by atomic mass is 9.67. The molecule has 0 N–H and O–H groups in total. The van der Waals surface area contributed by atoms with Crippen molar-refractivity contribution in [3.05, 3.63) is 23.3 Å². The van der Waals surface area contributed by atoms with Gasteiger partial charge < -0.3 is 0 Å². The Morgan fingerprint density at radius 1 is 1.21 bits per heavy atom. The van der Waals surface area contributed by atoms with Crippen molar-refractivity contribution < 1.29 is 0 Å². The fourth-order valence-corrected chi connectivity index (χ4v) is 5.23. The van der Waals surface area contributed by atoms with E-state index in [1.165, 1.54) is 32.1 Å². The van der Waals surface area contributed by atoms with E-state index >= 15 is 0 Å². The molecule has 0 aromatic rings. The van der Waals surface area contributed by atoms with E-state index in [9.17, 15) is 0 Å². The number of hydrogen-bond acceptors (Lipinski definition) is 0. The molecule has 6 atom stereocenters. The molecule has 3 aliphatic carbocycles. The average Bonchev–Trinajstić information content (AvgIpc) is 2.70. The molecule has 2 saturated carbocycles. The summed E-state index contributed by atoms with van der Waals surface area (Å²) >= 11 is 0. The first-order valence-electron chi connectivity index (χ1n) is 8.49. The Balaban J connectivity index is 1.80. The first-order chi connectivity index (χ1) is 9.11. The number of allylic oxidation sites excluding steroid dienone is 4. The summed E-state index contributed by atoms with van der Waals surface area (Å²) in [4.78, 5) is 0. The fourth-order valence-electron chi connectivity index (χ4n) is 5.23. The van der Waals surface area contributed by atoms with Gasteiger partial charge in [-0.2, -0.15) is 0 Å². The summed E-state index contributed by atoms with van der Waals surface area (Å²) < 4.78 is 0. The first kappa shape index (κ1) is 13.5. The molecule has 3 aliphatic rings. The topological polar surface area (TPSA) is 0 Å². The van der Waals surface area contributed by atoms with Crippen molar-refractivity contribution in [2.45, 2.75) is 59.8 Å². The third-order valence-electron chi connectivity index (χ3n) is 6.66. The van der Waals surface area contributed by atoms with E-state index in [-0.39, 0.29) is 0 Å². The molecular weight excluding hydrogens is 228 g/mol. The van der Waals surface area contributed by atoms with Crippen LogP contribution in [0.5, 0.6) is 0 Å². The Labute approximate surface area is 119 Å². The lowest BCUT2D eigenvalue weighted by molar-refractivity contribution is 0.123.